The Morgan fingerprint density at radius 1 is 0.727 bits per heavy atom. The van der Waals surface area contributed by atoms with Gasteiger partial charge in [0.15, 0.2) is 0 Å². The monoisotopic (exact) mass is 168 g/mol. The van der Waals surface area contributed by atoms with Gasteiger partial charge >= 0.3 is 0 Å². The fraction of sp³-hybridized carbons (Fsp3) is 1.00. The molecule has 1 aliphatic heterocycles. The van der Waals surface area contributed by atoms with Gasteiger partial charge in [0.1, 0.15) is 0 Å². The Hall–Kier alpha value is 0.217. The minimum Gasteiger partial charge on any atom is -0.0623 e. The van der Waals surface area contributed by atoms with E-state index in [2.05, 4.69) is 0 Å². The van der Waals surface area contributed by atoms with E-state index in [1.165, 1.54) is 6.42 Å². The molecule has 2 fully saturated rings. The topological polar surface area (TPSA) is 0 Å². The van der Waals surface area contributed by atoms with E-state index < -0.39 is 0 Å². The largest absolute Gasteiger partial charge is 0.0623 e. The second kappa shape index (κ2) is 3.30. The third kappa shape index (κ3) is 1.69. The van der Waals surface area contributed by atoms with E-state index in [1.807, 2.05) is 0 Å². The molecule has 0 unspecified atom stereocenters. The number of rotatable bonds is 0. The summed E-state index contributed by atoms with van der Waals surface area (Å²) in [6, 6.07) is 1.67. The summed E-state index contributed by atoms with van der Waals surface area (Å²) in [5.74, 6) is 0. The Morgan fingerprint density at radius 2 is 1.36 bits per heavy atom. The summed E-state index contributed by atoms with van der Waals surface area (Å²) in [7, 11) is 0.356. The molecule has 0 atom stereocenters. The van der Waals surface area contributed by atoms with Crippen LogP contribution in [0.5, 0.6) is 0 Å². The lowest BCUT2D eigenvalue weighted by Crippen LogP contribution is -2.26. The minimum atomic E-state index is 0.356. The van der Waals surface area contributed by atoms with Gasteiger partial charge < -0.3 is 0 Å². The fourth-order valence-corrected chi connectivity index (χ4v) is 5.96. The molecule has 1 saturated carbocycles. The van der Waals surface area contributed by atoms with Crippen LogP contribution in [0.25, 0.3) is 0 Å². The van der Waals surface area contributed by atoms with Crippen LogP contribution in [0.2, 0.25) is 11.1 Å². The standard InChI is InChI=1S/C10H20Si/c1-2-6-10(7-3-1)8-4-5-9-11-10/h1-9,11H2. The summed E-state index contributed by atoms with van der Waals surface area (Å²) >= 11 is 0. The van der Waals surface area contributed by atoms with Gasteiger partial charge in [-0.2, -0.15) is 0 Å². The van der Waals surface area contributed by atoms with Gasteiger partial charge in [-0.15, -0.1) is 0 Å². The molecule has 1 heterocycles. The molecule has 0 aromatic heterocycles. The zero-order valence-corrected chi connectivity index (χ0v) is 8.99. The summed E-state index contributed by atoms with van der Waals surface area (Å²) < 4.78 is 0. The molecule has 2 aliphatic rings. The van der Waals surface area contributed by atoms with Crippen molar-refractivity contribution in [2.75, 3.05) is 0 Å². The van der Waals surface area contributed by atoms with Gasteiger partial charge in [-0.3, -0.25) is 0 Å². The smallest absolute Gasteiger partial charge is 0.0270 e. The summed E-state index contributed by atoms with van der Waals surface area (Å²) in [4.78, 5) is 0. The third-order valence-corrected chi connectivity index (χ3v) is 6.80. The molecule has 11 heavy (non-hydrogen) atoms. The summed E-state index contributed by atoms with van der Waals surface area (Å²) in [5.41, 5.74) is 0. The first kappa shape index (κ1) is 7.84. The molecular formula is C10H20Si. The van der Waals surface area contributed by atoms with Crippen LogP contribution < -0.4 is 0 Å². The van der Waals surface area contributed by atoms with Crippen molar-refractivity contribution in [3.05, 3.63) is 0 Å². The van der Waals surface area contributed by atoms with E-state index in [9.17, 15) is 0 Å². The Morgan fingerprint density at radius 3 is 1.91 bits per heavy atom. The Kier molecular flexibility index (Phi) is 2.35. The summed E-state index contributed by atoms with van der Waals surface area (Å²) in [6.45, 7) is 0. The van der Waals surface area contributed by atoms with Crippen LogP contribution in [0.3, 0.4) is 0 Å². The lowest BCUT2D eigenvalue weighted by atomic mass is 9.84. The van der Waals surface area contributed by atoms with Crippen molar-refractivity contribution in [3.8, 4) is 0 Å². The van der Waals surface area contributed by atoms with Crippen molar-refractivity contribution in [1.82, 2.24) is 0 Å². The van der Waals surface area contributed by atoms with Crippen LogP contribution in [0, 0.1) is 0 Å². The zero-order valence-electron chi connectivity index (χ0n) is 7.57. The maximum atomic E-state index is 1.67. The Balaban J connectivity index is 1.94. The molecular weight excluding hydrogens is 148 g/mol. The van der Waals surface area contributed by atoms with Crippen LogP contribution in [0.1, 0.15) is 51.4 Å². The molecule has 1 spiro atoms. The van der Waals surface area contributed by atoms with E-state index in [0.29, 0.717) is 9.52 Å². The molecule has 0 bridgehead atoms. The van der Waals surface area contributed by atoms with Crippen molar-refractivity contribution in [1.29, 1.82) is 0 Å². The van der Waals surface area contributed by atoms with E-state index in [4.69, 9.17) is 0 Å². The molecule has 0 aromatic rings. The molecule has 0 amide bonds. The lowest BCUT2D eigenvalue weighted by molar-refractivity contribution is 0.335. The first-order valence-electron chi connectivity index (χ1n) is 5.41. The second-order valence-corrected chi connectivity index (χ2v) is 7.33. The molecule has 0 nitrogen and oxygen atoms in total. The molecule has 64 valence electrons. The van der Waals surface area contributed by atoms with Gasteiger partial charge in [0.25, 0.3) is 0 Å². The molecule has 1 saturated heterocycles. The highest BCUT2D eigenvalue weighted by Gasteiger charge is 2.32. The summed E-state index contributed by atoms with van der Waals surface area (Å²) in [6.07, 6.45) is 12.7. The van der Waals surface area contributed by atoms with Crippen LogP contribution in [-0.2, 0) is 0 Å². The zero-order chi connectivity index (χ0) is 7.57. The van der Waals surface area contributed by atoms with Gasteiger partial charge in [0.2, 0.25) is 0 Å². The maximum Gasteiger partial charge on any atom is 0.0270 e. The van der Waals surface area contributed by atoms with Crippen LogP contribution >= 0.6 is 0 Å². The predicted octanol–water partition coefficient (Wildman–Crippen LogP) is 2.88. The number of hydrogen-bond acceptors (Lipinski definition) is 0. The molecule has 1 aliphatic carbocycles. The van der Waals surface area contributed by atoms with Gasteiger partial charge in [0, 0.05) is 9.52 Å². The maximum absolute atomic E-state index is 1.67. The first-order valence-corrected chi connectivity index (χ1v) is 7.12. The fourth-order valence-electron chi connectivity index (χ4n) is 3.10. The van der Waals surface area contributed by atoms with Crippen molar-refractivity contribution >= 4 is 9.52 Å². The minimum absolute atomic E-state index is 0.356. The Bertz CT molecular complexity index is 99.3. The van der Waals surface area contributed by atoms with Gasteiger partial charge in [-0.25, -0.2) is 0 Å². The van der Waals surface area contributed by atoms with Crippen molar-refractivity contribution in [2.45, 2.75) is 62.4 Å². The van der Waals surface area contributed by atoms with Gasteiger partial charge in [0.05, 0.1) is 0 Å². The van der Waals surface area contributed by atoms with E-state index in [-0.39, 0.29) is 0 Å². The highest BCUT2D eigenvalue weighted by Crippen LogP contribution is 2.49. The van der Waals surface area contributed by atoms with Gasteiger partial charge in [-0.05, 0) is 5.04 Å². The van der Waals surface area contributed by atoms with Crippen molar-refractivity contribution in [2.24, 2.45) is 0 Å². The molecule has 2 rings (SSSR count). The van der Waals surface area contributed by atoms with Crippen LogP contribution in [0.15, 0.2) is 0 Å². The predicted molar refractivity (Wildman–Crippen MR) is 53.0 cm³/mol. The molecule has 0 aromatic carbocycles. The van der Waals surface area contributed by atoms with Crippen molar-refractivity contribution < 1.29 is 0 Å². The van der Waals surface area contributed by atoms with E-state index in [1.54, 1.807) is 51.0 Å². The van der Waals surface area contributed by atoms with Crippen LogP contribution in [0.4, 0.5) is 0 Å². The van der Waals surface area contributed by atoms with Crippen LogP contribution in [-0.4, -0.2) is 9.52 Å². The van der Waals surface area contributed by atoms with Crippen molar-refractivity contribution in [3.63, 3.8) is 0 Å². The first-order chi connectivity index (χ1) is 5.41. The van der Waals surface area contributed by atoms with E-state index >= 15 is 0 Å². The second-order valence-electron chi connectivity index (χ2n) is 4.62. The normalized spacial score (nSPS) is 32.7. The third-order valence-electron chi connectivity index (χ3n) is 3.83. The quantitative estimate of drug-likeness (QED) is 0.488. The molecule has 0 radical (unpaired) electrons. The average molecular weight is 168 g/mol. The molecule has 1 heteroatoms. The highest BCUT2D eigenvalue weighted by atomic mass is 28.2. The SMILES string of the molecule is C1CCC2(CC1)CCCC[SiH2]2. The number of hydrogen-bond donors (Lipinski definition) is 0. The lowest BCUT2D eigenvalue weighted by Gasteiger charge is -2.40. The van der Waals surface area contributed by atoms with Gasteiger partial charge in [-0.1, -0.05) is 57.4 Å². The highest BCUT2D eigenvalue weighted by molar-refractivity contribution is 6.40. The summed E-state index contributed by atoms with van der Waals surface area (Å²) in [5, 5.41) is 0.997. The van der Waals surface area contributed by atoms with E-state index in [0.717, 1.165) is 5.04 Å². The Labute approximate surface area is 72.6 Å². The average Bonchev–Trinajstić information content (AvgIpc) is 2.07. The molecule has 0 N–H and O–H groups in total.